The molecule has 3 rings (SSSR count). The molecular formula is C21H24N4O4. The van der Waals surface area contributed by atoms with Gasteiger partial charge in [-0.05, 0) is 48.2 Å². The minimum Gasteiger partial charge on any atom is -0.497 e. The molecule has 0 fully saturated rings. The molecule has 3 aromatic rings. The second-order valence-corrected chi connectivity index (χ2v) is 6.71. The zero-order valence-electron chi connectivity index (χ0n) is 16.2. The van der Waals surface area contributed by atoms with E-state index in [-0.39, 0.29) is 24.0 Å². The van der Waals surface area contributed by atoms with Crippen LogP contribution in [0.3, 0.4) is 0 Å². The SMILES string of the molecule is COc1ccc(CNC(=O)CNC(=O)CCCc2ccc3[nH]c(=O)[nH]c3c2)cc1. The van der Waals surface area contributed by atoms with E-state index in [1.807, 2.05) is 42.5 Å². The summed E-state index contributed by atoms with van der Waals surface area (Å²) in [4.78, 5) is 40.5. The minimum absolute atomic E-state index is 0.0501. The lowest BCUT2D eigenvalue weighted by Crippen LogP contribution is -2.36. The van der Waals surface area contributed by atoms with Crippen molar-refractivity contribution < 1.29 is 14.3 Å². The molecule has 0 aliphatic rings. The van der Waals surface area contributed by atoms with E-state index in [0.717, 1.165) is 27.9 Å². The van der Waals surface area contributed by atoms with E-state index in [1.54, 1.807) is 7.11 Å². The average Bonchev–Trinajstić information content (AvgIpc) is 3.10. The van der Waals surface area contributed by atoms with Gasteiger partial charge in [-0.25, -0.2) is 4.79 Å². The largest absolute Gasteiger partial charge is 0.497 e. The van der Waals surface area contributed by atoms with E-state index in [0.29, 0.717) is 25.8 Å². The van der Waals surface area contributed by atoms with Crippen molar-refractivity contribution >= 4 is 22.8 Å². The number of rotatable bonds is 9. The molecule has 0 atom stereocenters. The third-order valence-electron chi connectivity index (χ3n) is 4.54. The highest BCUT2D eigenvalue weighted by Gasteiger charge is 2.07. The molecule has 1 aromatic heterocycles. The van der Waals surface area contributed by atoms with Crippen molar-refractivity contribution in [2.75, 3.05) is 13.7 Å². The number of aryl methyl sites for hydroxylation is 1. The Kier molecular flexibility index (Phi) is 6.67. The Hall–Kier alpha value is -3.55. The van der Waals surface area contributed by atoms with Crippen molar-refractivity contribution in [1.82, 2.24) is 20.6 Å². The fourth-order valence-electron chi connectivity index (χ4n) is 2.96. The lowest BCUT2D eigenvalue weighted by Gasteiger charge is -2.08. The van der Waals surface area contributed by atoms with Gasteiger partial charge in [0.05, 0.1) is 24.7 Å². The van der Waals surface area contributed by atoms with Crippen LogP contribution in [0.1, 0.15) is 24.0 Å². The lowest BCUT2D eigenvalue weighted by atomic mass is 10.1. The van der Waals surface area contributed by atoms with Gasteiger partial charge in [0, 0.05) is 13.0 Å². The average molecular weight is 396 g/mol. The van der Waals surface area contributed by atoms with Crippen LogP contribution in [0, 0.1) is 0 Å². The number of carbonyl (C=O) groups excluding carboxylic acids is 2. The summed E-state index contributed by atoms with van der Waals surface area (Å²) in [5, 5.41) is 5.40. The summed E-state index contributed by atoms with van der Waals surface area (Å²) in [5.74, 6) is 0.352. The van der Waals surface area contributed by atoms with Crippen LogP contribution in [0.5, 0.6) is 5.75 Å². The molecule has 0 radical (unpaired) electrons. The summed E-state index contributed by atoms with van der Waals surface area (Å²) < 4.78 is 5.09. The Morgan fingerprint density at radius 3 is 2.41 bits per heavy atom. The van der Waals surface area contributed by atoms with E-state index in [2.05, 4.69) is 20.6 Å². The minimum atomic E-state index is -0.240. The maximum absolute atomic E-state index is 11.9. The molecule has 0 saturated heterocycles. The molecule has 1 heterocycles. The number of benzene rings is 2. The first-order chi connectivity index (χ1) is 14.0. The number of amides is 2. The van der Waals surface area contributed by atoms with Crippen LogP contribution in [-0.2, 0) is 22.6 Å². The first-order valence-corrected chi connectivity index (χ1v) is 9.41. The van der Waals surface area contributed by atoms with E-state index < -0.39 is 0 Å². The van der Waals surface area contributed by atoms with Gasteiger partial charge in [0.25, 0.3) is 0 Å². The van der Waals surface area contributed by atoms with Crippen molar-refractivity contribution in [3.63, 3.8) is 0 Å². The zero-order chi connectivity index (χ0) is 20.6. The Balaban J connectivity index is 1.34. The van der Waals surface area contributed by atoms with Gasteiger partial charge in [-0.1, -0.05) is 18.2 Å². The van der Waals surface area contributed by atoms with Crippen molar-refractivity contribution in [3.05, 3.63) is 64.1 Å². The van der Waals surface area contributed by atoms with Gasteiger partial charge in [0.2, 0.25) is 11.8 Å². The summed E-state index contributed by atoms with van der Waals surface area (Å²) in [6, 6.07) is 13.1. The van der Waals surface area contributed by atoms with Gasteiger partial charge in [-0.3, -0.25) is 9.59 Å². The second-order valence-electron chi connectivity index (χ2n) is 6.71. The number of ether oxygens (including phenoxy) is 1. The number of methoxy groups -OCH3 is 1. The van der Waals surface area contributed by atoms with Crippen LogP contribution in [-0.4, -0.2) is 35.4 Å². The number of hydrogen-bond donors (Lipinski definition) is 4. The first kappa shape index (κ1) is 20.2. The molecule has 0 aliphatic carbocycles. The zero-order valence-corrected chi connectivity index (χ0v) is 16.2. The maximum atomic E-state index is 11.9. The molecule has 0 bridgehead atoms. The number of imidazole rings is 1. The van der Waals surface area contributed by atoms with Crippen molar-refractivity contribution in [2.45, 2.75) is 25.8 Å². The van der Waals surface area contributed by atoms with Crippen LogP contribution < -0.4 is 21.1 Å². The Morgan fingerprint density at radius 1 is 0.931 bits per heavy atom. The number of aromatic nitrogens is 2. The number of nitrogens with one attached hydrogen (secondary N) is 4. The molecule has 152 valence electrons. The number of fused-ring (bicyclic) bond motifs is 1. The Bertz CT molecular complexity index is 1040. The summed E-state index contributed by atoms with van der Waals surface area (Å²) in [5.41, 5.74) is 3.27. The number of hydrogen-bond acceptors (Lipinski definition) is 4. The predicted octanol–water partition coefficient (Wildman–Crippen LogP) is 1.62. The van der Waals surface area contributed by atoms with Gasteiger partial charge in [-0.15, -0.1) is 0 Å². The lowest BCUT2D eigenvalue weighted by molar-refractivity contribution is -0.126. The van der Waals surface area contributed by atoms with Gasteiger partial charge in [0.1, 0.15) is 5.75 Å². The molecule has 4 N–H and O–H groups in total. The Labute approximate surface area is 167 Å². The van der Waals surface area contributed by atoms with E-state index in [1.165, 1.54) is 0 Å². The third-order valence-corrected chi connectivity index (χ3v) is 4.54. The topological polar surface area (TPSA) is 116 Å². The molecule has 0 aliphatic heterocycles. The van der Waals surface area contributed by atoms with E-state index >= 15 is 0 Å². The van der Waals surface area contributed by atoms with Crippen LogP contribution in [0.4, 0.5) is 0 Å². The van der Waals surface area contributed by atoms with Crippen LogP contribution in [0.15, 0.2) is 47.3 Å². The molecule has 2 amide bonds. The van der Waals surface area contributed by atoms with Crippen LogP contribution in [0.2, 0.25) is 0 Å². The van der Waals surface area contributed by atoms with E-state index in [9.17, 15) is 14.4 Å². The van der Waals surface area contributed by atoms with Crippen molar-refractivity contribution in [1.29, 1.82) is 0 Å². The van der Waals surface area contributed by atoms with Crippen LogP contribution >= 0.6 is 0 Å². The molecule has 0 spiro atoms. The quantitative estimate of drug-likeness (QED) is 0.440. The fraction of sp³-hybridized carbons (Fsp3) is 0.286. The maximum Gasteiger partial charge on any atom is 0.323 e. The van der Waals surface area contributed by atoms with Gasteiger partial charge >= 0.3 is 5.69 Å². The molecule has 29 heavy (non-hydrogen) atoms. The highest BCUT2D eigenvalue weighted by atomic mass is 16.5. The molecule has 0 saturated carbocycles. The number of H-pyrrole nitrogens is 2. The molecule has 2 aromatic carbocycles. The number of aromatic amines is 2. The highest BCUT2D eigenvalue weighted by molar-refractivity contribution is 5.84. The smallest absolute Gasteiger partial charge is 0.323 e. The molecule has 8 heteroatoms. The molecule has 8 nitrogen and oxygen atoms in total. The summed E-state index contributed by atoms with van der Waals surface area (Å²) >= 11 is 0. The van der Waals surface area contributed by atoms with Gasteiger partial charge in [0.15, 0.2) is 0 Å². The van der Waals surface area contributed by atoms with Crippen LogP contribution in [0.25, 0.3) is 11.0 Å². The number of carbonyl (C=O) groups is 2. The highest BCUT2D eigenvalue weighted by Crippen LogP contribution is 2.13. The van der Waals surface area contributed by atoms with Gasteiger partial charge in [-0.2, -0.15) is 0 Å². The van der Waals surface area contributed by atoms with Crippen molar-refractivity contribution in [2.24, 2.45) is 0 Å². The summed E-state index contributed by atoms with van der Waals surface area (Å²) in [7, 11) is 1.60. The van der Waals surface area contributed by atoms with Gasteiger partial charge < -0.3 is 25.3 Å². The molecular weight excluding hydrogens is 372 g/mol. The second kappa shape index (κ2) is 9.59. The normalized spacial score (nSPS) is 10.7. The summed E-state index contributed by atoms with van der Waals surface area (Å²) in [6.07, 6.45) is 1.69. The first-order valence-electron chi connectivity index (χ1n) is 9.41. The summed E-state index contributed by atoms with van der Waals surface area (Å²) in [6.45, 7) is 0.341. The standard InChI is InChI=1S/C21H24N4O4/c1-29-16-8-5-15(6-9-16)12-22-20(27)13-23-19(26)4-2-3-14-7-10-17-18(11-14)25-21(28)24-17/h5-11H,2-4,12-13H2,1H3,(H,22,27)(H,23,26)(H2,24,25,28). The van der Waals surface area contributed by atoms with E-state index in [4.69, 9.17) is 4.74 Å². The molecule has 0 unspecified atom stereocenters. The fourth-order valence-corrected chi connectivity index (χ4v) is 2.96. The Morgan fingerprint density at radius 2 is 1.66 bits per heavy atom. The third kappa shape index (κ3) is 5.97. The monoisotopic (exact) mass is 396 g/mol. The predicted molar refractivity (Wildman–Crippen MR) is 110 cm³/mol. The van der Waals surface area contributed by atoms with Crippen molar-refractivity contribution in [3.8, 4) is 5.75 Å².